The van der Waals surface area contributed by atoms with Gasteiger partial charge >= 0.3 is 0 Å². The van der Waals surface area contributed by atoms with Crippen LogP contribution in [-0.2, 0) is 4.79 Å². The van der Waals surface area contributed by atoms with Gasteiger partial charge in [0.2, 0.25) is 5.91 Å². The Morgan fingerprint density at radius 1 is 1.42 bits per heavy atom. The standard InChI is InChI=1S/C18H23N3O2.ClH/c1-13(15-3-2-8-19-10-15)9-18(22)21-16-6-4-14(5-7-16)17-11-20-12-23-17;/h4-7,11-13,15,19H,2-3,8-10H2,1H3,(H,21,22);1H. The van der Waals surface area contributed by atoms with Crippen LogP contribution in [0.15, 0.2) is 41.3 Å². The number of benzene rings is 1. The van der Waals surface area contributed by atoms with Crippen LogP contribution in [0, 0.1) is 11.8 Å². The zero-order valence-corrected chi connectivity index (χ0v) is 14.6. The summed E-state index contributed by atoms with van der Waals surface area (Å²) >= 11 is 0. The predicted octanol–water partition coefficient (Wildman–Crippen LogP) is 3.73. The molecule has 1 aromatic carbocycles. The highest BCUT2D eigenvalue weighted by atomic mass is 35.5. The van der Waals surface area contributed by atoms with E-state index < -0.39 is 0 Å². The summed E-state index contributed by atoms with van der Waals surface area (Å²) in [4.78, 5) is 16.1. The number of amides is 1. The van der Waals surface area contributed by atoms with E-state index >= 15 is 0 Å². The highest BCUT2D eigenvalue weighted by Crippen LogP contribution is 2.24. The first-order chi connectivity index (χ1) is 11.2. The predicted molar refractivity (Wildman–Crippen MR) is 97.2 cm³/mol. The molecule has 1 aliphatic rings. The van der Waals surface area contributed by atoms with Crippen LogP contribution in [0.25, 0.3) is 11.3 Å². The minimum Gasteiger partial charge on any atom is -0.444 e. The second-order valence-corrected chi connectivity index (χ2v) is 6.28. The van der Waals surface area contributed by atoms with E-state index in [0.717, 1.165) is 30.1 Å². The molecule has 6 heteroatoms. The quantitative estimate of drug-likeness (QED) is 0.863. The molecule has 2 N–H and O–H groups in total. The zero-order valence-electron chi connectivity index (χ0n) is 13.8. The van der Waals surface area contributed by atoms with Crippen LogP contribution >= 0.6 is 12.4 Å². The summed E-state index contributed by atoms with van der Waals surface area (Å²) in [5.74, 6) is 1.80. The summed E-state index contributed by atoms with van der Waals surface area (Å²) in [5, 5.41) is 6.39. The van der Waals surface area contributed by atoms with Crippen LogP contribution in [-0.4, -0.2) is 24.0 Å². The highest BCUT2D eigenvalue weighted by molar-refractivity contribution is 5.91. The van der Waals surface area contributed by atoms with E-state index in [1.54, 1.807) is 6.20 Å². The first kappa shape index (κ1) is 18.5. The lowest BCUT2D eigenvalue weighted by atomic mass is 9.85. The lowest BCUT2D eigenvalue weighted by Crippen LogP contribution is -2.34. The Labute approximate surface area is 148 Å². The Morgan fingerprint density at radius 3 is 2.83 bits per heavy atom. The topological polar surface area (TPSA) is 67.2 Å². The van der Waals surface area contributed by atoms with E-state index in [2.05, 4.69) is 22.5 Å². The van der Waals surface area contributed by atoms with Crippen LogP contribution < -0.4 is 10.6 Å². The first-order valence-electron chi connectivity index (χ1n) is 8.22. The van der Waals surface area contributed by atoms with Crippen molar-refractivity contribution in [1.29, 1.82) is 0 Å². The van der Waals surface area contributed by atoms with Gasteiger partial charge in [-0.1, -0.05) is 6.92 Å². The average Bonchev–Trinajstić information content (AvgIpc) is 3.11. The van der Waals surface area contributed by atoms with Crippen LogP contribution in [0.1, 0.15) is 26.2 Å². The number of carbonyl (C=O) groups is 1. The largest absolute Gasteiger partial charge is 0.444 e. The summed E-state index contributed by atoms with van der Waals surface area (Å²) in [6.45, 7) is 4.30. The van der Waals surface area contributed by atoms with Gasteiger partial charge < -0.3 is 15.1 Å². The first-order valence-corrected chi connectivity index (χ1v) is 8.22. The summed E-state index contributed by atoms with van der Waals surface area (Å²) in [6, 6.07) is 7.63. The number of hydrogen-bond donors (Lipinski definition) is 2. The maximum Gasteiger partial charge on any atom is 0.224 e. The second kappa shape index (κ2) is 8.85. The number of nitrogens with one attached hydrogen (secondary N) is 2. The Balaban J connectivity index is 0.00000208. The molecule has 1 aliphatic heterocycles. The molecule has 24 heavy (non-hydrogen) atoms. The second-order valence-electron chi connectivity index (χ2n) is 6.28. The molecule has 2 unspecified atom stereocenters. The number of carbonyl (C=O) groups excluding carboxylic acids is 1. The molecule has 2 aromatic rings. The van der Waals surface area contributed by atoms with Gasteiger partial charge in [0.25, 0.3) is 0 Å². The smallest absolute Gasteiger partial charge is 0.224 e. The normalized spacial score (nSPS) is 18.5. The SMILES string of the molecule is CC(CC(=O)Nc1ccc(-c2cnco2)cc1)C1CCCNC1.Cl. The summed E-state index contributed by atoms with van der Waals surface area (Å²) in [6.07, 6.45) is 6.07. The average molecular weight is 350 g/mol. The van der Waals surface area contributed by atoms with Crippen LogP contribution in [0.3, 0.4) is 0 Å². The number of rotatable bonds is 5. The van der Waals surface area contributed by atoms with E-state index in [0.29, 0.717) is 18.3 Å². The Kier molecular flexibility index (Phi) is 6.82. The van der Waals surface area contributed by atoms with Crippen molar-refractivity contribution < 1.29 is 9.21 Å². The van der Waals surface area contributed by atoms with Crippen LogP contribution in [0.4, 0.5) is 5.69 Å². The third kappa shape index (κ3) is 4.82. The number of oxazole rings is 1. The summed E-state index contributed by atoms with van der Waals surface area (Å²) < 4.78 is 5.26. The molecule has 0 aliphatic carbocycles. The van der Waals surface area contributed by atoms with Crippen molar-refractivity contribution >= 4 is 24.0 Å². The number of aromatic nitrogens is 1. The number of nitrogens with zero attached hydrogens (tertiary/aromatic N) is 1. The molecule has 130 valence electrons. The van der Waals surface area contributed by atoms with E-state index in [1.807, 2.05) is 24.3 Å². The van der Waals surface area contributed by atoms with E-state index in [-0.39, 0.29) is 18.3 Å². The number of hydrogen-bond acceptors (Lipinski definition) is 4. The minimum absolute atomic E-state index is 0. The lowest BCUT2D eigenvalue weighted by molar-refractivity contribution is -0.117. The molecule has 0 bridgehead atoms. The van der Waals surface area contributed by atoms with Crippen molar-refractivity contribution in [3.8, 4) is 11.3 Å². The van der Waals surface area contributed by atoms with Gasteiger partial charge in [-0.05, 0) is 62.0 Å². The molecule has 0 spiro atoms. The fourth-order valence-electron chi connectivity index (χ4n) is 3.11. The molecule has 1 amide bonds. The van der Waals surface area contributed by atoms with Gasteiger partial charge in [-0.2, -0.15) is 0 Å². The summed E-state index contributed by atoms with van der Waals surface area (Å²) in [5.41, 5.74) is 1.76. The molecule has 0 radical (unpaired) electrons. The zero-order chi connectivity index (χ0) is 16.1. The molecule has 3 rings (SSSR count). The van der Waals surface area contributed by atoms with Gasteiger partial charge in [-0.15, -0.1) is 12.4 Å². The van der Waals surface area contributed by atoms with Crippen molar-refractivity contribution in [1.82, 2.24) is 10.3 Å². The monoisotopic (exact) mass is 349 g/mol. The fraction of sp³-hybridized carbons (Fsp3) is 0.444. The maximum absolute atomic E-state index is 12.2. The van der Waals surface area contributed by atoms with Gasteiger partial charge in [0.05, 0.1) is 6.20 Å². The highest BCUT2D eigenvalue weighted by Gasteiger charge is 2.22. The third-order valence-electron chi connectivity index (χ3n) is 4.53. The molecule has 2 atom stereocenters. The summed E-state index contributed by atoms with van der Waals surface area (Å²) in [7, 11) is 0. The van der Waals surface area contributed by atoms with Crippen LogP contribution in [0.5, 0.6) is 0 Å². The van der Waals surface area contributed by atoms with Crippen molar-refractivity contribution in [2.24, 2.45) is 11.8 Å². The molecular formula is C18H24ClN3O2. The third-order valence-corrected chi connectivity index (χ3v) is 4.53. The molecular weight excluding hydrogens is 326 g/mol. The lowest BCUT2D eigenvalue weighted by Gasteiger charge is -2.28. The number of anilines is 1. The van der Waals surface area contributed by atoms with Gasteiger partial charge in [-0.25, -0.2) is 4.98 Å². The van der Waals surface area contributed by atoms with E-state index in [4.69, 9.17) is 4.42 Å². The van der Waals surface area contributed by atoms with E-state index in [9.17, 15) is 4.79 Å². The molecule has 1 fully saturated rings. The molecule has 1 aromatic heterocycles. The Hall–Kier alpha value is -1.85. The van der Waals surface area contributed by atoms with Crippen molar-refractivity contribution in [3.05, 3.63) is 36.9 Å². The van der Waals surface area contributed by atoms with Gasteiger partial charge in [0, 0.05) is 17.7 Å². The fourth-order valence-corrected chi connectivity index (χ4v) is 3.11. The van der Waals surface area contributed by atoms with Crippen molar-refractivity contribution in [2.45, 2.75) is 26.2 Å². The Bertz CT molecular complexity index is 622. The number of halogens is 1. The van der Waals surface area contributed by atoms with Crippen LogP contribution in [0.2, 0.25) is 0 Å². The maximum atomic E-state index is 12.2. The van der Waals surface area contributed by atoms with Gasteiger partial charge in [0.15, 0.2) is 12.2 Å². The van der Waals surface area contributed by atoms with Crippen molar-refractivity contribution in [3.63, 3.8) is 0 Å². The molecule has 5 nitrogen and oxygen atoms in total. The molecule has 2 heterocycles. The number of piperidine rings is 1. The Morgan fingerprint density at radius 2 is 2.21 bits per heavy atom. The van der Waals surface area contributed by atoms with Crippen molar-refractivity contribution in [2.75, 3.05) is 18.4 Å². The molecule has 0 saturated carbocycles. The molecule has 1 saturated heterocycles. The minimum atomic E-state index is 0. The van der Waals surface area contributed by atoms with Gasteiger partial charge in [0.1, 0.15) is 0 Å². The van der Waals surface area contributed by atoms with Gasteiger partial charge in [-0.3, -0.25) is 4.79 Å². The van der Waals surface area contributed by atoms with E-state index in [1.165, 1.54) is 19.2 Å².